The summed E-state index contributed by atoms with van der Waals surface area (Å²) in [5, 5.41) is 1.41. The first-order valence-corrected chi connectivity index (χ1v) is 11.9. The molecular formula is C31H43N. The minimum Gasteiger partial charge on any atom is -0.358 e. The zero-order valence-electron chi connectivity index (χ0n) is 21.8. The van der Waals surface area contributed by atoms with Gasteiger partial charge in [0.2, 0.25) is 0 Å². The van der Waals surface area contributed by atoms with Crippen LogP contribution in [0.5, 0.6) is 0 Å². The van der Waals surface area contributed by atoms with Crippen LogP contribution < -0.4 is 0 Å². The third-order valence-corrected chi connectivity index (χ3v) is 5.21. The predicted octanol–water partition coefficient (Wildman–Crippen LogP) is 9.37. The van der Waals surface area contributed by atoms with Gasteiger partial charge < -0.3 is 4.98 Å². The summed E-state index contributed by atoms with van der Waals surface area (Å²) in [7, 11) is 0. The van der Waals surface area contributed by atoms with Gasteiger partial charge in [-0.15, -0.1) is 0 Å². The van der Waals surface area contributed by atoms with Gasteiger partial charge in [0.15, 0.2) is 0 Å². The Kier molecular flexibility index (Phi) is 12.2. The molecule has 4 aromatic rings. The number of nitrogens with one attached hydrogen (secondary N) is 1. The minimum atomic E-state index is 1.18. The number of aryl methyl sites for hydroxylation is 7. The Morgan fingerprint density at radius 1 is 0.562 bits per heavy atom. The number of rotatable bonds is 2. The van der Waals surface area contributed by atoms with Gasteiger partial charge in [0.05, 0.1) is 0 Å². The van der Waals surface area contributed by atoms with Gasteiger partial charge in [-0.3, -0.25) is 0 Å². The molecule has 0 saturated carbocycles. The van der Waals surface area contributed by atoms with E-state index in [-0.39, 0.29) is 0 Å². The monoisotopic (exact) mass is 429 g/mol. The molecule has 0 amide bonds. The molecule has 32 heavy (non-hydrogen) atoms. The molecule has 0 saturated heterocycles. The Morgan fingerprint density at radius 3 is 1.31 bits per heavy atom. The maximum atomic E-state index is 3.44. The number of aromatic amines is 1. The van der Waals surface area contributed by atoms with Crippen LogP contribution in [0.4, 0.5) is 0 Å². The highest BCUT2D eigenvalue weighted by Crippen LogP contribution is 2.24. The van der Waals surface area contributed by atoms with Gasteiger partial charge in [0.1, 0.15) is 0 Å². The molecule has 1 nitrogen and oxygen atoms in total. The Labute approximate surface area is 196 Å². The molecule has 0 radical (unpaired) electrons. The van der Waals surface area contributed by atoms with Gasteiger partial charge in [0.25, 0.3) is 0 Å². The fraction of sp³-hybridized carbons (Fsp3) is 0.355. The Balaban J connectivity index is 0.000000245. The predicted molar refractivity (Wildman–Crippen MR) is 145 cm³/mol. The summed E-state index contributed by atoms with van der Waals surface area (Å²) in [6, 6.07) is 23.6. The van der Waals surface area contributed by atoms with Crippen molar-refractivity contribution in [3.05, 3.63) is 106 Å². The smallest absolute Gasteiger partial charge is 0.0459 e. The van der Waals surface area contributed by atoms with E-state index in [4.69, 9.17) is 0 Å². The SMILES string of the molecule is CC.CCCc1c(C)[nH]c2ccc(C)cc12.Cc1ccc(C)cc1.Cc1ccc(C)cc1. The lowest BCUT2D eigenvalue weighted by Crippen LogP contribution is -1.84. The highest BCUT2D eigenvalue weighted by molar-refractivity contribution is 5.85. The van der Waals surface area contributed by atoms with E-state index >= 15 is 0 Å². The standard InChI is InChI=1S/C13H17N.2C8H10.C2H6/c1-4-5-11-10(3)14-13-7-6-9(2)8-12(11)13;2*1-7-3-5-8(2)6-4-7;1-2/h6-8,14H,4-5H2,1-3H3;2*3-6H,1-2H3;1-2H3. The summed E-state index contributed by atoms with van der Waals surface area (Å²) in [5.74, 6) is 0. The Hall–Kier alpha value is -2.80. The normalized spacial score (nSPS) is 9.66. The van der Waals surface area contributed by atoms with Crippen molar-refractivity contribution < 1.29 is 0 Å². The van der Waals surface area contributed by atoms with E-state index in [1.165, 1.54) is 62.8 Å². The van der Waals surface area contributed by atoms with Crippen molar-refractivity contribution in [2.24, 2.45) is 0 Å². The van der Waals surface area contributed by atoms with Gasteiger partial charge in [-0.2, -0.15) is 0 Å². The van der Waals surface area contributed by atoms with Crippen LogP contribution in [0.25, 0.3) is 10.9 Å². The number of fused-ring (bicyclic) bond motifs is 1. The highest BCUT2D eigenvalue weighted by Gasteiger charge is 2.06. The van der Waals surface area contributed by atoms with Crippen molar-refractivity contribution in [1.29, 1.82) is 0 Å². The van der Waals surface area contributed by atoms with Crippen LogP contribution in [0.15, 0.2) is 66.7 Å². The van der Waals surface area contributed by atoms with Crippen molar-refractivity contribution in [1.82, 2.24) is 4.98 Å². The summed E-state index contributed by atoms with van der Waals surface area (Å²) in [5.41, 5.74) is 10.8. The number of H-pyrrole nitrogens is 1. The number of hydrogen-bond acceptors (Lipinski definition) is 0. The maximum absolute atomic E-state index is 3.44. The summed E-state index contributed by atoms with van der Waals surface area (Å²) in [6.45, 7) is 18.9. The second-order valence-electron chi connectivity index (χ2n) is 8.34. The summed E-state index contributed by atoms with van der Waals surface area (Å²) in [4.78, 5) is 3.44. The summed E-state index contributed by atoms with van der Waals surface area (Å²) >= 11 is 0. The van der Waals surface area contributed by atoms with E-state index in [0.717, 1.165) is 0 Å². The molecule has 172 valence electrons. The first-order chi connectivity index (χ1) is 15.3. The molecule has 0 atom stereocenters. The van der Waals surface area contributed by atoms with Crippen molar-refractivity contribution in [2.45, 2.75) is 75.2 Å². The first kappa shape index (κ1) is 27.2. The van der Waals surface area contributed by atoms with Crippen LogP contribution in [-0.4, -0.2) is 4.98 Å². The molecule has 0 aliphatic heterocycles. The topological polar surface area (TPSA) is 15.8 Å². The lowest BCUT2D eigenvalue weighted by Gasteiger charge is -1.98. The third kappa shape index (κ3) is 9.14. The molecule has 0 fully saturated rings. The minimum absolute atomic E-state index is 1.18. The van der Waals surface area contributed by atoms with Crippen LogP contribution in [-0.2, 0) is 6.42 Å². The van der Waals surface area contributed by atoms with Crippen LogP contribution in [0.2, 0.25) is 0 Å². The molecule has 3 aromatic carbocycles. The molecular weight excluding hydrogens is 386 g/mol. The zero-order valence-corrected chi connectivity index (χ0v) is 21.8. The van der Waals surface area contributed by atoms with Gasteiger partial charge in [-0.05, 0) is 65.7 Å². The molecule has 1 heteroatoms. The van der Waals surface area contributed by atoms with E-state index in [2.05, 4.69) is 120 Å². The third-order valence-electron chi connectivity index (χ3n) is 5.21. The molecule has 0 bridgehead atoms. The quantitative estimate of drug-likeness (QED) is 0.326. The van der Waals surface area contributed by atoms with E-state index in [0.29, 0.717) is 0 Å². The molecule has 0 spiro atoms. The van der Waals surface area contributed by atoms with Crippen LogP contribution >= 0.6 is 0 Å². The molecule has 0 aliphatic rings. The van der Waals surface area contributed by atoms with E-state index < -0.39 is 0 Å². The van der Waals surface area contributed by atoms with Crippen molar-refractivity contribution >= 4 is 10.9 Å². The van der Waals surface area contributed by atoms with Gasteiger partial charge in [-0.25, -0.2) is 0 Å². The van der Waals surface area contributed by atoms with Crippen molar-refractivity contribution in [3.63, 3.8) is 0 Å². The van der Waals surface area contributed by atoms with Crippen LogP contribution in [0.1, 0.15) is 66.3 Å². The largest absolute Gasteiger partial charge is 0.358 e. The average Bonchev–Trinajstić information content (AvgIpc) is 3.09. The average molecular weight is 430 g/mol. The van der Waals surface area contributed by atoms with Gasteiger partial charge >= 0.3 is 0 Å². The number of hydrogen-bond donors (Lipinski definition) is 1. The second kappa shape index (κ2) is 14.3. The first-order valence-electron chi connectivity index (χ1n) is 11.9. The van der Waals surface area contributed by atoms with E-state index in [1.807, 2.05) is 13.8 Å². The summed E-state index contributed by atoms with van der Waals surface area (Å²) in [6.07, 6.45) is 2.39. The van der Waals surface area contributed by atoms with E-state index in [9.17, 15) is 0 Å². The lowest BCUT2D eigenvalue weighted by atomic mass is 10.0. The molecule has 4 rings (SSSR count). The maximum Gasteiger partial charge on any atom is 0.0459 e. The second-order valence-corrected chi connectivity index (χ2v) is 8.34. The molecule has 1 N–H and O–H groups in total. The number of benzene rings is 3. The fourth-order valence-corrected chi connectivity index (χ4v) is 3.34. The summed E-state index contributed by atoms with van der Waals surface area (Å²) < 4.78 is 0. The van der Waals surface area contributed by atoms with Gasteiger partial charge in [-0.1, -0.05) is 110 Å². The molecule has 0 unspecified atom stereocenters. The number of aromatic nitrogens is 1. The van der Waals surface area contributed by atoms with Crippen LogP contribution in [0.3, 0.4) is 0 Å². The van der Waals surface area contributed by atoms with Crippen LogP contribution in [0, 0.1) is 41.5 Å². The lowest BCUT2D eigenvalue weighted by molar-refractivity contribution is 0.918. The highest BCUT2D eigenvalue weighted by atomic mass is 14.7. The Morgan fingerprint density at radius 2 is 0.938 bits per heavy atom. The van der Waals surface area contributed by atoms with E-state index in [1.54, 1.807) is 0 Å². The van der Waals surface area contributed by atoms with Gasteiger partial charge in [0, 0.05) is 16.6 Å². The zero-order chi connectivity index (χ0) is 24.1. The fourth-order valence-electron chi connectivity index (χ4n) is 3.34. The molecule has 1 heterocycles. The van der Waals surface area contributed by atoms with Crippen molar-refractivity contribution in [3.8, 4) is 0 Å². The molecule has 0 aliphatic carbocycles. The molecule has 1 aromatic heterocycles. The Bertz CT molecular complexity index is 949. The van der Waals surface area contributed by atoms with Crippen molar-refractivity contribution in [2.75, 3.05) is 0 Å².